The molecule has 1 aromatic rings. The Morgan fingerprint density at radius 3 is 3.00 bits per heavy atom. The normalized spacial score (nSPS) is 13.6. The van der Waals surface area contributed by atoms with Crippen LogP contribution in [0.4, 0.5) is 0 Å². The average Bonchev–Trinajstić information content (AvgIpc) is 2.34. The van der Waals surface area contributed by atoms with Crippen LogP contribution in [0.1, 0.15) is 0 Å². The van der Waals surface area contributed by atoms with Gasteiger partial charge in [0, 0.05) is 3.57 Å². The molecular formula is C7H4BrIO2. The SMILES string of the molecule is Brc1cc(I)cc2c1OCO2. The molecule has 0 saturated carbocycles. The van der Waals surface area contributed by atoms with Crippen molar-refractivity contribution in [3.63, 3.8) is 0 Å². The van der Waals surface area contributed by atoms with E-state index in [1.54, 1.807) is 0 Å². The zero-order chi connectivity index (χ0) is 7.84. The first-order valence-electron chi connectivity index (χ1n) is 3.02. The highest BCUT2D eigenvalue weighted by Crippen LogP contribution is 2.40. The van der Waals surface area contributed by atoms with Crippen LogP contribution in [-0.4, -0.2) is 6.79 Å². The molecule has 0 spiro atoms. The molecule has 0 amide bonds. The number of hydrogen-bond donors (Lipinski definition) is 0. The first kappa shape index (κ1) is 7.67. The van der Waals surface area contributed by atoms with Gasteiger partial charge in [0.05, 0.1) is 4.47 Å². The predicted octanol–water partition coefficient (Wildman–Crippen LogP) is 2.78. The van der Waals surface area contributed by atoms with E-state index in [0.29, 0.717) is 6.79 Å². The van der Waals surface area contributed by atoms with Gasteiger partial charge in [0.25, 0.3) is 0 Å². The second-order valence-electron chi connectivity index (χ2n) is 2.12. The molecule has 1 aliphatic heterocycles. The quantitative estimate of drug-likeness (QED) is 0.683. The minimum Gasteiger partial charge on any atom is -0.454 e. The van der Waals surface area contributed by atoms with Crippen LogP contribution in [0.3, 0.4) is 0 Å². The number of benzene rings is 1. The number of fused-ring (bicyclic) bond motifs is 1. The fourth-order valence-corrected chi connectivity index (χ4v) is 2.51. The largest absolute Gasteiger partial charge is 0.454 e. The summed E-state index contributed by atoms with van der Waals surface area (Å²) in [6.45, 7) is 0.327. The molecule has 0 saturated heterocycles. The molecule has 4 heteroatoms. The first-order chi connectivity index (χ1) is 5.27. The van der Waals surface area contributed by atoms with E-state index in [0.717, 1.165) is 19.5 Å². The summed E-state index contributed by atoms with van der Waals surface area (Å²) in [7, 11) is 0. The molecular weight excluding hydrogens is 323 g/mol. The fraction of sp³-hybridized carbons (Fsp3) is 0.143. The van der Waals surface area contributed by atoms with Gasteiger partial charge in [-0.15, -0.1) is 0 Å². The zero-order valence-corrected chi connectivity index (χ0v) is 9.18. The molecule has 0 bridgehead atoms. The standard InChI is InChI=1S/C7H4BrIO2/c8-5-1-4(9)2-6-7(5)11-3-10-6/h1-2H,3H2. The van der Waals surface area contributed by atoms with Crippen LogP contribution >= 0.6 is 38.5 Å². The molecule has 0 N–H and O–H groups in total. The molecule has 1 aliphatic rings. The monoisotopic (exact) mass is 326 g/mol. The third kappa shape index (κ3) is 1.33. The highest BCUT2D eigenvalue weighted by molar-refractivity contribution is 14.1. The molecule has 11 heavy (non-hydrogen) atoms. The second kappa shape index (κ2) is 2.82. The Kier molecular flexibility index (Phi) is 1.97. The summed E-state index contributed by atoms with van der Waals surface area (Å²) in [5.74, 6) is 1.63. The zero-order valence-electron chi connectivity index (χ0n) is 5.43. The van der Waals surface area contributed by atoms with E-state index in [9.17, 15) is 0 Å². The molecule has 0 atom stereocenters. The molecule has 1 aromatic carbocycles. The third-order valence-corrected chi connectivity index (χ3v) is 2.60. The summed E-state index contributed by atoms with van der Waals surface area (Å²) in [4.78, 5) is 0. The Bertz CT molecular complexity index is 301. The van der Waals surface area contributed by atoms with E-state index in [-0.39, 0.29) is 0 Å². The molecule has 0 unspecified atom stereocenters. The van der Waals surface area contributed by atoms with Crippen LogP contribution in [0.5, 0.6) is 11.5 Å². The van der Waals surface area contributed by atoms with Crippen molar-refractivity contribution in [3.8, 4) is 11.5 Å². The topological polar surface area (TPSA) is 18.5 Å². The van der Waals surface area contributed by atoms with E-state index in [1.807, 2.05) is 12.1 Å². The second-order valence-corrected chi connectivity index (χ2v) is 4.22. The van der Waals surface area contributed by atoms with Gasteiger partial charge in [0.2, 0.25) is 6.79 Å². The number of hydrogen-bond acceptors (Lipinski definition) is 2. The van der Waals surface area contributed by atoms with Gasteiger partial charge in [-0.2, -0.15) is 0 Å². The molecule has 0 aromatic heterocycles. The fourth-order valence-electron chi connectivity index (χ4n) is 0.936. The summed E-state index contributed by atoms with van der Waals surface area (Å²) in [6.07, 6.45) is 0. The van der Waals surface area contributed by atoms with Gasteiger partial charge in [-0.1, -0.05) is 0 Å². The van der Waals surface area contributed by atoms with Gasteiger partial charge in [0.15, 0.2) is 11.5 Å². The Morgan fingerprint density at radius 2 is 2.18 bits per heavy atom. The highest BCUT2D eigenvalue weighted by Gasteiger charge is 2.16. The Labute approximate surface area is 86.1 Å². The van der Waals surface area contributed by atoms with Gasteiger partial charge in [-0.3, -0.25) is 0 Å². The average molecular weight is 327 g/mol. The third-order valence-electron chi connectivity index (χ3n) is 1.39. The van der Waals surface area contributed by atoms with Crippen molar-refractivity contribution < 1.29 is 9.47 Å². The predicted molar refractivity (Wildman–Crippen MR) is 53.0 cm³/mol. The maximum absolute atomic E-state index is 5.21. The Balaban J connectivity index is 2.60. The Morgan fingerprint density at radius 1 is 1.36 bits per heavy atom. The summed E-state index contributed by atoms with van der Waals surface area (Å²) < 4.78 is 12.5. The van der Waals surface area contributed by atoms with Crippen molar-refractivity contribution in [1.82, 2.24) is 0 Å². The van der Waals surface area contributed by atoms with E-state index in [1.165, 1.54) is 0 Å². The first-order valence-corrected chi connectivity index (χ1v) is 4.89. The van der Waals surface area contributed by atoms with E-state index >= 15 is 0 Å². The summed E-state index contributed by atoms with van der Waals surface area (Å²) in [5, 5.41) is 0. The molecule has 0 fully saturated rings. The van der Waals surface area contributed by atoms with Crippen LogP contribution in [0, 0.1) is 3.57 Å². The van der Waals surface area contributed by atoms with Crippen LogP contribution in [0.2, 0.25) is 0 Å². The summed E-state index contributed by atoms with van der Waals surface area (Å²) in [5.41, 5.74) is 0. The lowest BCUT2D eigenvalue weighted by Crippen LogP contribution is -1.93. The lowest BCUT2D eigenvalue weighted by atomic mass is 10.3. The number of rotatable bonds is 0. The highest BCUT2D eigenvalue weighted by atomic mass is 127. The van der Waals surface area contributed by atoms with Crippen molar-refractivity contribution in [2.75, 3.05) is 6.79 Å². The van der Waals surface area contributed by atoms with Crippen molar-refractivity contribution in [1.29, 1.82) is 0 Å². The van der Waals surface area contributed by atoms with E-state index in [2.05, 4.69) is 38.5 Å². The van der Waals surface area contributed by atoms with Crippen LogP contribution in [0.25, 0.3) is 0 Å². The summed E-state index contributed by atoms with van der Waals surface area (Å²) >= 11 is 5.62. The maximum Gasteiger partial charge on any atom is 0.231 e. The lowest BCUT2D eigenvalue weighted by molar-refractivity contribution is 0.173. The molecule has 0 aliphatic carbocycles. The Hall–Kier alpha value is 0.0300. The molecule has 58 valence electrons. The van der Waals surface area contributed by atoms with Crippen LogP contribution < -0.4 is 9.47 Å². The van der Waals surface area contributed by atoms with E-state index < -0.39 is 0 Å². The van der Waals surface area contributed by atoms with Gasteiger partial charge in [0.1, 0.15) is 0 Å². The van der Waals surface area contributed by atoms with E-state index in [4.69, 9.17) is 9.47 Å². The molecule has 2 nitrogen and oxygen atoms in total. The number of halogens is 2. The maximum atomic E-state index is 5.21. The minimum absolute atomic E-state index is 0.327. The van der Waals surface area contributed by atoms with Crippen molar-refractivity contribution in [2.24, 2.45) is 0 Å². The summed E-state index contributed by atoms with van der Waals surface area (Å²) in [6, 6.07) is 3.95. The van der Waals surface area contributed by atoms with Crippen LogP contribution in [0.15, 0.2) is 16.6 Å². The van der Waals surface area contributed by atoms with Gasteiger partial charge >= 0.3 is 0 Å². The number of ether oxygens (including phenoxy) is 2. The molecule has 1 heterocycles. The van der Waals surface area contributed by atoms with Gasteiger partial charge in [-0.25, -0.2) is 0 Å². The minimum atomic E-state index is 0.327. The molecule has 0 radical (unpaired) electrons. The smallest absolute Gasteiger partial charge is 0.231 e. The van der Waals surface area contributed by atoms with Crippen molar-refractivity contribution in [2.45, 2.75) is 0 Å². The molecule has 2 rings (SSSR count). The van der Waals surface area contributed by atoms with Crippen LogP contribution in [-0.2, 0) is 0 Å². The lowest BCUT2D eigenvalue weighted by Gasteiger charge is -1.98. The van der Waals surface area contributed by atoms with Crippen molar-refractivity contribution >= 4 is 38.5 Å². The van der Waals surface area contributed by atoms with Crippen molar-refractivity contribution in [3.05, 3.63) is 20.2 Å². The van der Waals surface area contributed by atoms with Gasteiger partial charge in [-0.05, 0) is 50.7 Å². The van der Waals surface area contributed by atoms with Gasteiger partial charge < -0.3 is 9.47 Å².